The molecule has 0 bridgehead atoms. The van der Waals surface area contributed by atoms with Gasteiger partial charge in [-0.15, -0.1) is 0 Å². The van der Waals surface area contributed by atoms with Crippen molar-refractivity contribution in [3.05, 3.63) is 0 Å². The molecule has 2 aliphatic carbocycles. The van der Waals surface area contributed by atoms with Gasteiger partial charge in [0.2, 0.25) is 0 Å². The zero-order valence-corrected chi connectivity index (χ0v) is 11.7. The van der Waals surface area contributed by atoms with Crippen molar-refractivity contribution < 1.29 is 19.4 Å². The molecular formula is C14H24N2O4. The molecule has 2 aliphatic rings. The van der Waals surface area contributed by atoms with Crippen LogP contribution in [0.15, 0.2) is 0 Å². The molecule has 0 spiro atoms. The Morgan fingerprint density at radius 2 is 1.65 bits per heavy atom. The average Bonchev–Trinajstić information content (AvgIpc) is 3.07. The summed E-state index contributed by atoms with van der Waals surface area (Å²) in [6, 6.07) is -0.761. The van der Waals surface area contributed by atoms with E-state index in [2.05, 4.69) is 5.32 Å². The van der Waals surface area contributed by atoms with Crippen LogP contribution in [0.2, 0.25) is 0 Å². The van der Waals surface area contributed by atoms with Gasteiger partial charge >= 0.3 is 11.9 Å². The summed E-state index contributed by atoms with van der Waals surface area (Å²) in [5.41, 5.74) is 5.75. The Labute approximate surface area is 119 Å². The zero-order chi connectivity index (χ0) is 14.5. The number of esters is 1. The third-order valence-corrected chi connectivity index (χ3v) is 4.34. The topological polar surface area (TPSA) is 102 Å². The summed E-state index contributed by atoms with van der Waals surface area (Å²) in [6.45, 7) is 0. The first-order valence-electron chi connectivity index (χ1n) is 7.53. The Morgan fingerprint density at radius 1 is 1.10 bits per heavy atom. The van der Waals surface area contributed by atoms with Crippen molar-refractivity contribution in [2.24, 2.45) is 11.7 Å². The van der Waals surface area contributed by atoms with Gasteiger partial charge in [-0.25, -0.2) is 4.79 Å². The molecule has 2 rings (SSSR count). The predicted molar refractivity (Wildman–Crippen MR) is 72.8 cm³/mol. The predicted octanol–water partition coefficient (Wildman–Crippen LogP) is 0.990. The summed E-state index contributed by atoms with van der Waals surface area (Å²) in [7, 11) is 0. The molecule has 2 atom stereocenters. The summed E-state index contributed by atoms with van der Waals surface area (Å²) < 4.78 is 5.30. The fourth-order valence-electron chi connectivity index (χ4n) is 3.20. The summed E-state index contributed by atoms with van der Waals surface area (Å²) in [4.78, 5) is 23.2. The molecule has 0 aromatic rings. The molecule has 0 amide bonds. The molecule has 6 nitrogen and oxygen atoms in total. The van der Waals surface area contributed by atoms with Crippen molar-refractivity contribution in [2.45, 2.75) is 69.7 Å². The van der Waals surface area contributed by atoms with E-state index in [0.29, 0.717) is 0 Å². The number of nitrogens with two attached hydrogens (primary N) is 1. The van der Waals surface area contributed by atoms with Gasteiger partial charge in [0.25, 0.3) is 0 Å². The van der Waals surface area contributed by atoms with Crippen LogP contribution in [-0.2, 0) is 14.3 Å². The number of rotatable bonds is 6. The quantitative estimate of drug-likeness (QED) is 0.496. The van der Waals surface area contributed by atoms with Crippen molar-refractivity contribution >= 4 is 11.9 Å². The van der Waals surface area contributed by atoms with Crippen LogP contribution in [0, 0.1) is 5.92 Å². The third kappa shape index (κ3) is 3.93. The minimum absolute atomic E-state index is 0.0508. The second-order valence-electron chi connectivity index (χ2n) is 5.85. The lowest BCUT2D eigenvalue weighted by Gasteiger charge is -2.24. The van der Waals surface area contributed by atoms with Gasteiger partial charge in [0.15, 0.2) is 6.17 Å². The average molecular weight is 284 g/mol. The van der Waals surface area contributed by atoms with Crippen molar-refractivity contribution in [1.29, 1.82) is 0 Å². The maximum Gasteiger partial charge on any atom is 0.338 e. The summed E-state index contributed by atoms with van der Waals surface area (Å²) in [6.07, 6.45) is 6.61. The monoisotopic (exact) mass is 284 g/mol. The van der Waals surface area contributed by atoms with Crippen LogP contribution < -0.4 is 11.1 Å². The van der Waals surface area contributed by atoms with Crippen molar-refractivity contribution in [2.75, 3.05) is 0 Å². The number of hydrogen-bond donors (Lipinski definition) is 3. The Bertz CT molecular complexity index is 349. The SMILES string of the molecule is N[C@@H](NC(C(=O)O)C1CCCC1)C(=O)OC1CCCC1. The lowest BCUT2D eigenvalue weighted by atomic mass is 9.98. The van der Waals surface area contributed by atoms with E-state index < -0.39 is 24.1 Å². The van der Waals surface area contributed by atoms with E-state index in [0.717, 1.165) is 51.4 Å². The first kappa shape index (κ1) is 15.3. The molecule has 0 aromatic carbocycles. The summed E-state index contributed by atoms with van der Waals surface area (Å²) in [5, 5.41) is 12.0. The molecule has 114 valence electrons. The van der Waals surface area contributed by atoms with Gasteiger partial charge in [-0.05, 0) is 44.4 Å². The number of carboxylic acid groups (broad SMARTS) is 1. The van der Waals surface area contributed by atoms with Gasteiger partial charge in [-0.3, -0.25) is 10.1 Å². The maximum atomic E-state index is 11.9. The van der Waals surface area contributed by atoms with Crippen molar-refractivity contribution in [3.63, 3.8) is 0 Å². The van der Waals surface area contributed by atoms with Crippen LogP contribution in [0.1, 0.15) is 51.4 Å². The number of carbonyl (C=O) groups excluding carboxylic acids is 1. The molecule has 1 unspecified atom stereocenters. The van der Waals surface area contributed by atoms with Gasteiger partial charge in [0.1, 0.15) is 12.1 Å². The van der Waals surface area contributed by atoms with Crippen LogP contribution in [0.3, 0.4) is 0 Å². The Balaban J connectivity index is 1.84. The highest BCUT2D eigenvalue weighted by Gasteiger charge is 2.34. The van der Waals surface area contributed by atoms with E-state index in [-0.39, 0.29) is 12.0 Å². The Kier molecular flexibility index (Phi) is 5.37. The smallest absolute Gasteiger partial charge is 0.338 e. The lowest BCUT2D eigenvalue weighted by molar-refractivity contribution is -0.152. The van der Waals surface area contributed by atoms with E-state index in [1.165, 1.54) is 0 Å². The molecule has 2 saturated carbocycles. The number of aliphatic carboxylic acids is 1. The second kappa shape index (κ2) is 7.04. The number of hydrogen-bond acceptors (Lipinski definition) is 5. The molecule has 2 fully saturated rings. The number of carbonyl (C=O) groups is 2. The fourth-order valence-corrected chi connectivity index (χ4v) is 3.20. The van der Waals surface area contributed by atoms with E-state index in [1.54, 1.807) is 0 Å². The van der Waals surface area contributed by atoms with Crippen LogP contribution >= 0.6 is 0 Å². The van der Waals surface area contributed by atoms with E-state index in [9.17, 15) is 14.7 Å². The first-order valence-corrected chi connectivity index (χ1v) is 7.53. The molecule has 0 heterocycles. The van der Waals surface area contributed by atoms with Gasteiger partial charge in [-0.2, -0.15) is 0 Å². The van der Waals surface area contributed by atoms with Crippen LogP contribution in [0.25, 0.3) is 0 Å². The number of ether oxygens (including phenoxy) is 1. The van der Waals surface area contributed by atoms with Crippen LogP contribution in [0.4, 0.5) is 0 Å². The van der Waals surface area contributed by atoms with Gasteiger partial charge in [0.05, 0.1) is 0 Å². The Morgan fingerprint density at radius 3 is 2.20 bits per heavy atom. The minimum atomic E-state index is -1.06. The third-order valence-electron chi connectivity index (χ3n) is 4.34. The molecule has 0 aromatic heterocycles. The largest absolute Gasteiger partial charge is 0.480 e. The first-order chi connectivity index (χ1) is 9.58. The molecule has 0 saturated heterocycles. The van der Waals surface area contributed by atoms with Crippen molar-refractivity contribution in [3.8, 4) is 0 Å². The number of nitrogens with one attached hydrogen (secondary N) is 1. The Hall–Kier alpha value is -1.14. The molecule has 0 radical (unpaired) electrons. The molecule has 0 aliphatic heterocycles. The maximum absolute atomic E-state index is 11.9. The van der Waals surface area contributed by atoms with Crippen LogP contribution in [-0.4, -0.2) is 35.4 Å². The second-order valence-corrected chi connectivity index (χ2v) is 5.85. The molecule has 4 N–H and O–H groups in total. The minimum Gasteiger partial charge on any atom is -0.480 e. The highest BCUT2D eigenvalue weighted by molar-refractivity contribution is 5.78. The highest BCUT2D eigenvalue weighted by atomic mass is 16.5. The van der Waals surface area contributed by atoms with E-state index in [1.807, 2.05) is 0 Å². The van der Waals surface area contributed by atoms with Gasteiger partial charge < -0.3 is 15.6 Å². The number of carboxylic acids is 1. The highest BCUT2D eigenvalue weighted by Crippen LogP contribution is 2.28. The van der Waals surface area contributed by atoms with Crippen LogP contribution in [0.5, 0.6) is 0 Å². The van der Waals surface area contributed by atoms with E-state index in [4.69, 9.17) is 10.5 Å². The van der Waals surface area contributed by atoms with Gasteiger partial charge in [-0.1, -0.05) is 12.8 Å². The lowest BCUT2D eigenvalue weighted by Crippen LogP contribution is -2.55. The molecule has 6 heteroatoms. The standard InChI is InChI=1S/C14H24N2O4/c15-12(14(19)20-10-7-3-4-8-10)16-11(13(17)18)9-5-1-2-6-9/h9-12,16H,1-8,15H2,(H,17,18)/t11?,12-/m0/s1. The van der Waals surface area contributed by atoms with E-state index >= 15 is 0 Å². The summed E-state index contributed by atoms with van der Waals surface area (Å²) in [5.74, 6) is -1.43. The summed E-state index contributed by atoms with van der Waals surface area (Å²) >= 11 is 0. The van der Waals surface area contributed by atoms with Gasteiger partial charge in [0, 0.05) is 0 Å². The van der Waals surface area contributed by atoms with Crippen molar-refractivity contribution in [1.82, 2.24) is 5.32 Å². The zero-order valence-electron chi connectivity index (χ0n) is 11.7. The molecule has 20 heavy (non-hydrogen) atoms. The fraction of sp³-hybridized carbons (Fsp3) is 0.857. The normalized spacial score (nSPS) is 23.6. The molecular weight excluding hydrogens is 260 g/mol.